The first-order valence-corrected chi connectivity index (χ1v) is 5.25. The van der Waals surface area contributed by atoms with Crippen molar-refractivity contribution < 1.29 is 5.11 Å². The Hall–Kier alpha value is -1.07. The smallest absolute Gasteiger partial charge is 0.224 e. The van der Waals surface area contributed by atoms with Gasteiger partial charge in [-0.05, 0) is 24.4 Å². The average Bonchev–Trinajstić information content (AvgIpc) is 3.02. The normalized spacial score (nSPS) is 15.3. The molecule has 1 heterocycles. The first-order valence-electron chi connectivity index (χ1n) is 4.88. The molecule has 0 amide bonds. The number of aliphatic hydroxyl groups is 1. The van der Waals surface area contributed by atoms with Crippen LogP contribution in [0, 0.1) is 0 Å². The molecule has 1 aliphatic carbocycles. The summed E-state index contributed by atoms with van der Waals surface area (Å²) in [5, 5.41) is 9.16. The lowest BCUT2D eigenvalue weighted by Crippen LogP contribution is -2.30. The fraction of sp³-hybridized carbons (Fsp3) is 0.556. The molecule has 1 aromatic rings. The van der Waals surface area contributed by atoms with E-state index in [-0.39, 0.29) is 11.9 Å². The van der Waals surface area contributed by atoms with Crippen LogP contribution in [0.1, 0.15) is 12.8 Å². The van der Waals surface area contributed by atoms with Crippen LogP contribution in [-0.4, -0.2) is 34.3 Å². The Bertz CT molecular complexity index is 356. The molecule has 0 saturated heterocycles. The van der Waals surface area contributed by atoms with Crippen molar-refractivity contribution in [2.75, 3.05) is 23.8 Å². The van der Waals surface area contributed by atoms with Crippen molar-refractivity contribution in [1.29, 1.82) is 0 Å². The number of nitrogen functional groups attached to an aromatic ring is 1. The van der Waals surface area contributed by atoms with Gasteiger partial charge in [-0.3, -0.25) is 0 Å². The van der Waals surface area contributed by atoms with E-state index in [9.17, 15) is 0 Å². The zero-order chi connectivity index (χ0) is 10.8. The summed E-state index contributed by atoms with van der Waals surface area (Å²) in [6.07, 6.45) is 3.72. The van der Waals surface area contributed by atoms with E-state index in [1.54, 1.807) is 0 Å². The van der Waals surface area contributed by atoms with Crippen molar-refractivity contribution in [3.8, 4) is 0 Å². The van der Waals surface area contributed by atoms with Crippen molar-refractivity contribution in [1.82, 2.24) is 9.97 Å². The van der Waals surface area contributed by atoms with Crippen LogP contribution in [0.5, 0.6) is 0 Å². The largest absolute Gasteiger partial charge is 0.395 e. The first-order chi connectivity index (χ1) is 7.22. The van der Waals surface area contributed by atoms with Crippen LogP contribution in [0.15, 0.2) is 6.20 Å². The molecule has 5 nitrogen and oxygen atoms in total. The van der Waals surface area contributed by atoms with E-state index in [4.69, 9.17) is 22.4 Å². The van der Waals surface area contributed by atoms with E-state index in [1.807, 2.05) is 4.90 Å². The number of nitrogens with zero attached hydrogens (tertiary/aromatic N) is 3. The minimum atomic E-state index is 0.0809. The Morgan fingerprint density at radius 1 is 1.60 bits per heavy atom. The van der Waals surface area contributed by atoms with Gasteiger partial charge in [-0.1, -0.05) is 0 Å². The fourth-order valence-corrected chi connectivity index (χ4v) is 1.68. The highest BCUT2D eigenvalue weighted by Gasteiger charge is 2.30. The molecule has 0 unspecified atom stereocenters. The lowest BCUT2D eigenvalue weighted by atomic mass is 10.4. The topological polar surface area (TPSA) is 75.3 Å². The second-order valence-corrected chi connectivity index (χ2v) is 3.90. The van der Waals surface area contributed by atoms with Crippen molar-refractivity contribution in [2.45, 2.75) is 18.9 Å². The molecule has 0 aliphatic heterocycles. The highest BCUT2D eigenvalue weighted by Crippen LogP contribution is 2.33. The number of halogens is 1. The molecule has 0 radical (unpaired) electrons. The molecule has 1 aromatic heterocycles. The minimum Gasteiger partial charge on any atom is -0.395 e. The second kappa shape index (κ2) is 4.20. The van der Waals surface area contributed by atoms with E-state index in [2.05, 4.69) is 9.97 Å². The maximum absolute atomic E-state index is 8.98. The molecule has 82 valence electrons. The summed E-state index contributed by atoms with van der Waals surface area (Å²) in [4.78, 5) is 9.89. The van der Waals surface area contributed by atoms with Crippen LogP contribution in [0.3, 0.4) is 0 Å². The van der Waals surface area contributed by atoms with Crippen LogP contribution in [0.25, 0.3) is 0 Å². The fourth-order valence-electron chi connectivity index (χ4n) is 1.55. The molecule has 1 fully saturated rings. The van der Waals surface area contributed by atoms with Gasteiger partial charge in [0.15, 0.2) is 5.82 Å². The Labute approximate surface area is 92.9 Å². The summed E-state index contributed by atoms with van der Waals surface area (Å²) in [6.45, 7) is 0.611. The predicted molar refractivity (Wildman–Crippen MR) is 58.9 cm³/mol. The molecule has 0 aromatic carbocycles. The number of anilines is 2. The highest BCUT2D eigenvalue weighted by atomic mass is 35.5. The molecule has 1 aliphatic rings. The molecular weight excluding hydrogens is 216 g/mol. The molecule has 0 atom stereocenters. The molecule has 2 rings (SSSR count). The lowest BCUT2D eigenvalue weighted by Gasteiger charge is -2.23. The van der Waals surface area contributed by atoms with E-state index in [0.29, 0.717) is 24.1 Å². The lowest BCUT2D eigenvalue weighted by molar-refractivity contribution is 0.301. The maximum Gasteiger partial charge on any atom is 0.224 e. The third-order valence-corrected chi connectivity index (χ3v) is 2.55. The van der Waals surface area contributed by atoms with Crippen LogP contribution in [-0.2, 0) is 0 Å². The third kappa shape index (κ3) is 2.30. The minimum absolute atomic E-state index is 0.0809. The standard InChI is InChI=1S/C9H13ClN4O/c10-9-12-5-7(11)8(13-9)14(3-4-15)6-1-2-6/h5-6,15H,1-4,11H2. The number of hydrogen-bond donors (Lipinski definition) is 2. The van der Waals surface area contributed by atoms with Crippen LogP contribution >= 0.6 is 11.6 Å². The van der Waals surface area contributed by atoms with Crippen LogP contribution in [0.4, 0.5) is 11.5 Å². The second-order valence-electron chi connectivity index (χ2n) is 3.57. The molecule has 15 heavy (non-hydrogen) atoms. The van der Waals surface area contributed by atoms with Gasteiger partial charge in [-0.25, -0.2) is 4.98 Å². The molecule has 0 bridgehead atoms. The Balaban J connectivity index is 2.27. The van der Waals surface area contributed by atoms with Gasteiger partial charge in [0.25, 0.3) is 0 Å². The molecule has 6 heteroatoms. The molecule has 0 spiro atoms. The van der Waals surface area contributed by atoms with Gasteiger partial charge >= 0.3 is 0 Å². The number of nitrogens with two attached hydrogens (primary N) is 1. The van der Waals surface area contributed by atoms with E-state index < -0.39 is 0 Å². The Kier molecular flexibility index (Phi) is 2.93. The average molecular weight is 229 g/mol. The first kappa shape index (κ1) is 10.4. The third-order valence-electron chi connectivity index (χ3n) is 2.37. The van der Waals surface area contributed by atoms with Gasteiger partial charge in [0, 0.05) is 12.6 Å². The maximum atomic E-state index is 8.98. The van der Waals surface area contributed by atoms with Crippen LogP contribution < -0.4 is 10.6 Å². The van der Waals surface area contributed by atoms with E-state index in [1.165, 1.54) is 6.20 Å². The van der Waals surface area contributed by atoms with Crippen molar-refractivity contribution in [3.05, 3.63) is 11.5 Å². The Morgan fingerprint density at radius 3 is 2.93 bits per heavy atom. The quantitative estimate of drug-likeness (QED) is 0.741. The monoisotopic (exact) mass is 228 g/mol. The van der Waals surface area contributed by atoms with E-state index >= 15 is 0 Å². The highest BCUT2D eigenvalue weighted by molar-refractivity contribution is 6.28. The number of hydrogen-bond acceptors (Lipinski definition) is 5. The summed E-state index contributed by atoms with van der Waals surface area (Å²) < 4.78 is 0. The van der Waals surface area contributed by atoms with Crippen LogP contribution in [0.2, 0.25) is 5.28 Å². The summed E-state index contributed by atoms with van der Waals surface area (Å²) in [5.41, 5.74) is 6.28. The van der Waals surface area contributed by atoms with Crippen molar-refractivity contribution in [3.63, 3.8) is 0 Å². The van der Waals surface area contributed by atoms with Gasteiger partial charge in [-0.15, -0.1) is 0 Å². The predicted octanol–water partition coefficient (Wildman–Crippen LogP) is 0.673. The zero-order valence-electron chi connectivity index (χ0n) is 8.23. The van der Waals surface area contributed by atoms with Crippen molar-refractivity contribution >= 4 is 23.1 Å². The van der Waals surface area contributed by atoms with Gasteiger partial charge in [-0.2, -0.15) is 4.98 Å². The summed E-state index contributed by atoms with van der Waals surface area (Å²) >= 11 is 5.72. The number of rotatable bonds is 4. The zero-order valence-corrected chi connectivity index (χ0v) is 8.98. The van der Waals surface area contributed by atoms with Gasteiger partial charge in [0.05, 0.1) is 18.5 Å². The summed E-state index contributed by atoms with van der Waals surface area (Å²) in [5.74, 6) is 0.631. The summed E-state index contributed by atoms with van der Waals surface area (Å²) in [7, 11) is 0. The van der Waals surface area contributed by atoms with Gasteiger partial charge in [0.2, 0.25) is 5.28 Å². The molecular formula is C9H13ClN4O. The van der Waals surface area contributed by atoms with Gasteiger partial charge < -0.3 is 15.7 Å². The summed E-state index contributed by atoms with van der Waals surface area (Å²) in [6, 6.07) is 0.436. The Morgan fingerprint density at radius 2 is 2.33 bits per heavy atom. The molecule has 1 saturated carbocycles. The SMILES string of the molecule is Nc1cnc(Cl)nc1N(CCO)C1CC1. The molecule has 3 N–H and O–H groups in total. The number of aromatic nitrogens is 2. The van der Waals surface area contributed by atoms with E-state index in [0.717, 1.165) is 12.8 Å². The van der Waals surface area contributed by atoms with Crippen molar-refractivity contribution in [2.24, 2.45) is 0 Å². The number of aliphatic hydroxyl groups excluding tert-OH is 1. The van der Waals surface area contributed by atoms with Gasteiger partial charge in [0.1, 0.15) is 0 Å².